The van der Waals surface area contributed by atoms with Crippen LogP contribution in [0.3, 0.4) is 0 Å². The highest BCUT2D eigenvalue weighted by Gasteiger charge is 2.22. The van der Waals surface area contributed by atoms with Crippen LogP contribution in [-0.4, -0.2) is 37.9 Å². The summed E-state index contributed by atoms with van der Waals surface area (Å²) in [6.45, 7) is 5.32. The number of halogens is 1. The third kappa shape index (κ3) is 6.85. The summed E-state index contributed by atoms with van der Waals surface area (Å²) in [6.07, 6.45) is 1.57. The fourth-order valence-electron chi connectivity index (χ4n) is 3.14. The number of rotatable bonds is 10. The van der Waals surface area contributed by atoms with Gasteiger partial charge in [0.15, 0.2) is 17.5 Å². The molecule has 1 fully saturated rings. The summed E-state index contributed by atoms with van der Waals surface area (Å²) in [7, 11) is 1.59. The van der Waals surface area contributed by atoms with Crippen LogP contribution in [-0.2, 0) is 0 Å². The first-order chi connectivity index (χ1) is 15.0. The number of hydrogen-bond acceptors (Lipinski definition) is 4. The Morgan fingerprint density at radius 1 is 1.23 bits per heavy atom. The zero-order valence-corrected chi connectivity index (χ0v) is 18.4. The summed E-state index contributed by atoms with van der Waals surface area (Å²) in [4.78, 5) is 4.49. The van der Waals surface area contributed by atoms with Crippen LogP contribution in [0.2, 0.25) is 0 Å². The number of nitrogens with zero attached hydrogens (tertiary/aromatic N) is 1. The molecule has 3 rings (SSSR count). The van der Waals surface area contributed by atoms with E-state index in [9.17, 15) is 9.50 Å². The largest absolute Gasteiger partial charge is 0.497 e. The molecule has 31 heavy (non-hydrogen) atoms. The Labute approximate surface area is 183 Å². The number of guanidine groups is 1. The summed E-state index contributed by atoms with van der Waals surface area (Å²) < 4.78 is 25.2. The molecule has 0 amide bonds. The minimum absolute atomic E-state index is 0.178. The molecule has 7 heteroatoms. The van der Waals surface area contributed by atoms with Gasteiger partial charge in [0, 0.05) is 6.54 Å². The molecule has 0 bridgehead atoms. The van der Waals surface area contributed by atoms with E-state index in [1.54, 1.807) is 19.2 Å². The van der Waals surface area contributed by atoms with E-state index in [0.717, 1.165) is 11.1 Å². The molecule has 3 N–H and O–H groups in total. The number of nitrogens with one attached hydrogen (secondary N) is 2. The van der Waals surface area contributed by atoms with E-state index < -0.39 is 6.10 Å². The van der Waals surface area contributed by atoms with Crippen molar-refractivity contribution in [1.29, 1.82) is 0 Å². The fraction of sp³-hybridized carbons (Fsp3) is 0.458. The van der Waals surface area contributed by atoms with Crippen LogP contribution in [0.1, 0.15) is 50.0 Å². The number of hydrogen-bond donors (Lipinski definition) is 3. The molecule has 168 valence electrons. The SMILES string of the molecule is CCNC(=NCC(O)c1cccc(OC)c1)NC(C)c1ccc(OCC2CC2)c(F)c1. The van der Waals surface area contributed by atoms with Crippen LogP contribution in [0, 0.1) is 11.7 Å². The fourth-order valence-corrected chi connectivity index (χ4v) is 3.14. The van der Waals surface area contributed by atoms with Gasteiger partial charge in [0.1, 0.15) is 5.75 Å². The molecular weight excluding hydrogens is 397 g/mol. The van der Waals surface area contributed by atoms with Crippen LogP contribution in [0.25, 0.3) is 0 Å². The van der Waals surface area contributed by atoms with E-state index in [4.69, 9.17) is 9.47 Å². The highest BCUT2D eigenvalue weighted by atomic mass is 19.1. The quantitative estimate of drug-likeness (QED) is 0.394. The van der Waals surface area contributed by atoms with Crippen molar-refractivity contribution in [3.8, 4) is 11.5 Å². The van der Waals surface area contributed by atoms with E-state index in [1.807, 2.05) is 38.1 Å². The molecule has 1 aliphatic rings. The van der Waals surface area contributed by atoms with Gasteiger partial charge in [0.2, 0.25) is 0 Å². The van der Waals surface area contributed by atoms with Gasteiger partial charge in [-0.15, -0.1) is 0 Å². The van der Waals surface area contributed by atoms with E-state index in [1.165, 1.54) is 18.9 Å². The summed E-state index contributed by atoms with van der Waals surface area (Å²) >= 11 is 0. The lowest BCUT2D eigenvalue weighted by Crippen LogP contribution is -2.39. The average Bonchev–Trinajstić information content (AvgIpc) is 3.61. The van der Waals surface area contributed by atoms with Crippen LogP contribution >= 0.6 is 0 Å². The molecule has 0 heterocycles. The number of aliphatic imine (C=N–C) groups is 1. The van der Waals surface area contributed by atoms with Crippen molar-refractivity contribution >= 4 is 5.96 Å². The van der Waals surface area contributed by atoms with Crippen molar-refractivity contribution in [2.24, 2.45) is 10.9 Å². The predicted octanol–water partition coefficient (Wildman–Crippen LogP) is 3.97. The second kappa shape index (κ2) is 11.0. The highest BCUT2D eigenvalue weighted by Crippen LogP contribution is 2.30. The van der Waals surface area contributed by atoms with Crippen molar-refractivity contribution in [3.05, 3.63) is 59.4 Å². The molecule has 0 radical (unpaired) electrons. The molecule has 1 saturated carbocycles. The van der Waals surface area contributed by atoms with Crippen molar-refractivity contribution in [2.75, 3.05) is 26.8 Å². The topological polar surface area (TPSA) is 75.1 Å². The summed E-state index contributed by atoms with van der Waals surface area (Å²) in [5, 5.41) is 16.9. The van der Waals surface area contributed by atoms with E-state index in [-0.39, 0.29) is 18.4 Å². The molecule has 2 aromatic rings. The van der Waals surface area contributed by atoms with Gasteiger partial charge in [-0.2, -0.15) is 0 Å². The number of methoxy groups -OCH3 is 1. The molecule has 2 atom stereocenters. The van der Waals surface area contributed by atoms with Gasteiger partial charge in [-0.3, -0.25) is 4.99 Å². The van der Waals surface area contributed by atoms with Gasteiger partial charge < -0.3 is 25.2 Å². The summed E-state index contributed by atoms with van der Waals surface area (Å²) in [6, 6.07) is 12.1. The monoisotopic (exact) mass is 429 g/mol. The van der Waals surface area contributed by atoms with E-state index in [0.29, 0.717) is 36.5 Å². The third-order valence-corrected chi connectivity index (χ3v) is 5.23. The summed E-state index contributed by atoms with van der Waals surface area (Å²) in [5.74, 6) is 1.75. The lowest BCUT2D eigenvalue weighted by molar-refractivity contribution is 0.186. The van der Waals surface area contributed by atoms with Crippen LogP contribution in [0.15, 0.2) is 47.5 Å². The Bertz CT molecular complexity index is 886. The number of aliphatic hydroxyl groups is 1. The Kier molecular flexibility index (Phi) is 8.12. The van der Waals surface area contributed by atoms with Gasteiger partial charge in [0.25, 0.3) is 0 Å². The second-order valence-electron chi connectivity index (χ2n) is 7.82. The van der Waals surface area contributed by atoms with Crippen molar-refractivity contribution < 1.29 is 19.0 Å². The van der Waals surface area contributed by atoms with Gasteiger partial charge >= 0.3 is 0 Å². The number of ether oxygens (including phenoxy) is 2. The predicted molar refractivity (Wildman–Crippen MR) is 120 cm³/mol. The molecule has 1 aliphatic carbocycles. The van der Waals surface area contributed by atoms with Gasteiger partial charge in [-0.25, -0.2) is 4.39 Å². The smallest absolute Gasteiger partial charge is 0.191 e. The Balaban J connectivity index is 1.61. The lowest BCUT2D eigenvalue weighted by atomic mass is 10.1. The Morgan fingerprint density at radius 2 is 2.03 bits per heavy atom. The highest BCUT2D eigenvalue weighted by molar-refractivity contribution is 5.80. The van der Waals surface area contributed by atoms with Crippen LogP contribution in [0.4, 0.5) is 4.39 Å². The zero-order valence-electron chi connectivity index (χ0n) is 18.4. The van der Waals surface area contributed by atoms with Crippen LogP contribution in [0.5, 0.6) is 11.5 Å². The van der Waals surface area contributed by atoms with Gasteiger partial charge in [0.05, 0.1) is 32.4 Å². The molecule has 0 aliphatic heterocycles. The zero-order chi connectivity index (χ0) is 22.2. The maximum Gasteiger partial charge on any atom is 0.191 e. The Morgan fingerprint density at radius 3 is 2.71 bits per heavy atom. The maximum absolute atomic E-state index is 14.4. The first-order valence-electron chi connectivity index (χ1n) is 10.8. The second-order valence-corrected chi connectivity index (χ2v) is 7.82. The molecule has 0 aromatic heterocycles. The lowest BCUT2D eigenvalue weighted by Gasteiger charge is -2.19. The molecule has 2 unspecified atom stereocenters. The van der Waals surface area contributed by atoms with Gasteiger partial charge in [-0.1, -0.05) is 18.2 Å². The Hall–Kier alpha value is -2.80. The molecule has 2 aromatic carbocycles. The maximum atomic E-state index is 14.4. The molecule has 0 spiro atoms. The number of benzene rings is 2. The van der Waals surface area contributed by atoms with Crippen LogP contribution < -0.4 is 20.1 Å². The van der Waals surface area contributed by atoms with Gasteiger partial charge in [-0.05, 0) is 68.0 Å². The van der Waals surface area contributed by atoms with Crippen molar-refractivity contribution in [2.45, 2.75) is 38.8 Å². The number of aliphatic hydroxyl groups excluding tert-OH is 1. The standard InChI is InChI=1S/C24H32FN3O3/c1-4-26-24(27-14-22(29)19-6-5-7-20(12-19)30-3)28-16(2)18-10-11-23(21(25)13-18)31-15-17-8-9-17/h5-7,10-13,16-17,22,29H,4,8-9,14-15H2,1-3H3,(H2,26,27,28). The molecule has 6 nitrogen and oxygen atoms in total. The van der Waals surface area contributed by atoms with E-state index in [2.05, 4.69) is 15.6 Å². The van der Waals surface area contributed by atoms with Crippen molar-refractivity contribution in [1.82, 2.24) is 10.6 Å². The minimum Gasteiger partial charge on any atom is -0.497 e. The molecular formula is C24H32FN3O3. The van der Waals surface area contributed by atoms with Crippen molar-refractivity contribution in [3.63, 3.8) is 0 Å². The first kappa shape index (κ1) is 22.9. The first-order valence-corrected chi connectivity index (χ1v) is 10.8. The average molecular weight is 430 g/mol. The minimum atomic E-state index is -0.763. The summed E-state index contributed by atoms with van der Waals surface area (Å²) in [5.41, 5.74) is 1.52. The van der Waals surface area contributed by atoms with E-state index >= 15 is 0 Å². The third-order valence-electron chi connectivity index (χ3n) is 5.23. The normalized spacial score (nSPS) is 15.8. The molecule has 0 saturated heterocycles.